The van der Waals surface area contributed by atoms with Crippen LogP contribution in [-0.2, 0) is 6.54 Å². The first kappa shape index (κ1) is 13.6. The number of aromatic nitrogens is 2. The summed E-state index contributed by atoms with van der Waals surface area (Å²) in [5.41, 5.74) is 2.35. The molecule has 0 saturated heterocycles. The second-order valence-corrected chi connectivity index (χ2v) is 4.88. The van der Waals surface area contributed by atoms with Gasteiger partial charge in [-0.2, -0.15) is 5.10 Å². The lowest BCUT2D eigenvalue weighted by molar-refractivity contribution is 0.474. The standard InChI is InChI=1S/C15H20FN3/c1-4-12(3)19-8-7-13(18-19)10-17-15-6-5-11(2)9-14(15)16/h5-9,12,17H,4,10H2,1-3H3. The Hall–Kier alpha value is -1.84. The highest BCUT2D eigenvalue weighted by molar-refractivity contribution is 5.46. The van der Waals surface area contributed by atoms with Crippen molar-refractivity contribution in [3.8, 4) is 0 Å². The highest BCUT2D eigenvalue weighted by Crippen LogP contribution is 2.16. The molecule has 0 aliphatic carbocycles. The zero-order valence-electron chi connectivity index (χ0n) is 11.7. The van der Waals surface area contributed by atoms with E-state index in [-0.39, 0.29) is 5.82 Å². The van der Waals surface area contributed by atoms with Crippen molar-refractivity contribution in [2.24, 2.45) is 0 Å². The molecule has 0 spiro atoms. The monoisotopic (exact) mass is 261 g/mol. The molecule has 0 aliphatic rings. The molecular formula is C15H20FN3. The van der Waals surface area contributed by atoms with Crippen molar-refractivity contribution in [1.29, 1.82) is 0 Å². The van der Waals surface area contributed by atoms with Crippen LogP contribution in [0.5, 0.6) is 0 Å². The Labute approximate surface area is 113 Å². The van der Waals surface area contributed by atoms with Gasteiger partial charge in [-0.3, -0.25) is 4.68 Å². The maximum Gasteiger partial charge on any atom is 0.146 e. The summed E-state index contributed by atoms with van der Waals surface area (Å²) in [5, 5.41) is 7.55. The van der Waals surface area contributed by atoms with Gasteiger partial charge in [-0.05, 0) is 44.0 Å². The molecule has 2 aromatic rings. The lowest BCUT2D eigenvalue weighted by Gasteiger charge is -2.09. The van der Waals surface area contributed by atoms with Crippen LogP contribution in [0.1, 0.15) is 37.6 Å². The van der Waals surface area contributed by atoms with Gasteiger partial charge in [0, 0.05) is 12.2 Å². The van der Waals surface area contributed by atoms with Gasteiger partial charge in [0.15, 0.2) is 0 Å². The quantitative estimate of drug-likeness (QED) is 0.884. The minimum Gasteiger partial charge on any atom is -0.377 e. The first-order chi connectivity index (χ1) is 9.10. The fraction of sp³-hybridized carbons (Fsp3) is 0.400. The largest absolute Gasteiger partial charge is 0.377 e. The average molecular weight is 261 g/mol. The summed E-state index contributed by atoms with van der Waals surface area (Å²) in [6.07, 6.45) is 3.01. The zero-order valence-corrected chi connectivity index (χ0v) is 11.7. The molecule has 1 heterocycles. The van der Waals surface area contributed by atoms with E-state index in [9.17, 15) is 4.39 Å². The molecule has 3 nitrogen and oxygen atoms in total. The minimum absolute atomic E-state index is 0.221. The van der Waals surface area contributed by atoms with Gasteiger partial charge in [0.2, 0.25) is 0 Å². The zero-order chi connectivity index (χ0) is 13.8. The molecule has 1 aromatic heterocycles. The predicted octanol–water partition coefficient (Wildman–Crippen LogP) is 3.91. The Morgan fingerprint density at radius 3 is 2.84 bits per heavy atom. The number of rotatable bonds is 5. The van der Waals surface area contributed by atoms with Crippen LogP contribution in [0.25, 0.3) is 0 Å². The van der Waals surface area contributed by atoms with Crippen LogP contribution < -0.4 is 5.32 Å². The average Bonchev–Trinajstić information content (AvgIpc) is 2.85. The smallest absolute Gasteiger partial charge is 0.146 e. The van der Waals surface area contributed by atoms with E-state index < -0.39 is 0 Å². The number of hydrogen-bond donors (Lipinski definition) is 1. The highest BCUT2D eigenvalue weighted by Gasteiger charge is 2.06. The number of nitrogens with one attached hydrogen (secondary N) is 1. The van der Waals surface area contributed by atoms with Gasteiger partial charge in [0.05, 0.1) is 17.9 Å². The van der Waals surface area contributed by atoms with Crippen LogP contribution in [0.3, 0.4) is 0 Å². The highest BCUT2D eigenvalue weighted by atomic mass is 19.1. The molecule has 0 fully saturated rings. The molecule has 1 N–H and O–H groups in total. The van der Waals surface area contributed by atoms with Crippen LogP contribution in [0.15, 0.2) is 30.5 Å². The van der Waals surface area contributed by atoms with E-state index in [0.717, 1.165) is 17.7 Å². The molecule has 102 valence electrons. The summed E-state index contributed by atoms with van der Waals surface area (Å²) in [6.45, 7) is 6.67. The van der Waals surface area contributed by atoms with Crippen molar-refractivity contribution in [1.82, 2.24) is 9.78 Å². The van der Waals surface area contributed by atoms with Crippen molar-refractivity contribution in [2.75, 3.05) is 5.32 Å². The third-order valence-electron chi connectivity index (χ3n) is 3.29. The van der Waals surface area contributed by atoms with Gasteiger partial charge in [0.1, 0.15) is 5.82 Å². The number of anilines is 1. The number of benzene rings is 1. The van der Waals surface area contributed by atoms with E-state index in [0.29, 0.717) is 18.3 Å². The number of hydrogen-bond acceptors (Lipinski definition) is 2. The summed E-state index contributed by atoms with van der Waals surface area (Å²) in [4.78, 5) is 0. The van der Waals surface area contributed by atoms with Gasteiger partial charge < -0.3 is 5.32 Å². The maximum atomic E-state index is 13.7. The van der Waals surface area contributed by atoms with E-state index in [1.54, 1.807) is 6.07 Å². The molecule has 0 aliphatic heterocycles. The van der Waals surface area contributed by atoms with Gasteiger partial charge in [-0.15, -0.1) is 0 Å². The molecule has 1 unspecified atom stereocenters. The van der Waals surface area contributed by atoms with E-state index in [1.165, 1.54) is 6.07 Å². The lowest BCUT2D eigenvalue weighted by Crippen LogP contribution is -2.07. The van der Waals surface area contributed by atoms with Gasteiger partial charge in [0.25, 0.3) is 0 Å². The van der Waals surface area contributed by atoms with Crippen molar-refractivity contribution in [3.05, 3.63) is 47.5 Å². The molecule has 0 radical (unpaired) electrons. The molecule has 19 heavy (non-hydrogen) atoms. The first-order valence-corrected chi connectivity index (χ1v) is 6.64. The van der Waals surface area contributed by atoms with Crippen LogP contribution in [-0.4, -0.2) is 9.78 Å². The Bertz CT molecular complexity index is 548. The summed E-state index contributed by atoms with van der Waals surface area (Å²) in [7, 11) is 0. The minimum atomic E-state index is -0.221. The lowest BCUT2D eigenvalue weighted by atomic mass is 10.2. The van der Waals surface area contributed by atoms with E-state index in [4.69, 9.17) is 0 Å². The molecule has 0 amide bonds. The fourth-order valence-corrected chi connectivity index (χ4v) is 1.85. The van der Waals surface area contributed by atoms with E-state index in [2.05, 4.69) is 24.3 Å². The Morgan fingerprint density at radius 1 is 1.37 bits per heavy atom. The third kappa shape index (κ3) is 3.34. The Kier molecular flexibility index (Phi) is 4.20. The molecule has 1 aromatic carbocycles. The normalized spacial score (nSPS) is 12.4. The SMILES string of the molecule is CCC(C)n1ccc(CNc2ccc(C)cc2F)n1. The molecule has 4 heteroatoms. The summed E-state index contributed by atoms with van der Waals surface area (Å²) < 4.78 is 15.6. The summed E-state index contributed by atoms with van der Waals surface area (Å²) in [5.74, 6) is -0.221. The predicted molar refractivity (Wildman–Crippen MR) is 75.7 cm³/mol. The van der Waals surface area contributed by atoms with Crippen molar-refractivity contribution < 1.29 is 4.39 Å². The summed E-state index contributed by atoms with van der Waals surface area (Å²) in [6, 6.07) is 7.54. The molecular weight excluding hydrogens is 241 g/mol. The Morgan fingerprint density at radius 2 is 2.16 bits per heavy atom. The van der Waals surface area contributed by atoms with E-state index in [1.807, 2.05) is 29.9 Å². The first-order valence-electron chi connectivity index (χ1n) is 6.64. The molecule has 1 atom stereocenters. The topological polar surface area (TPSA) is 29.9 Å². The van der Waals surface area contributed by atoms with Crippen molar-refractivity contribution in [2.45, 2.75) is 39.8 Å². The van der Waals surface area contributed by atoms with Crippen molar-refractivity contribution >= 4 is 5.69 Å². The third-order valence-corrected chi connectivity index (χ3v) is 3.29. The number of aryl methyl sites for hydroxylation is 1. The second kappa shape index (κ2) is 5.87. The van der Waals surface area contributed by atoms with E-state index >= 15 is 0 Å². The van der Waals surface area contributed by atoms with Crippen LogP contribution >= 0.6 is 0 Å². The molecule has 2 rings (SSSR count). The van der Waals surface area contributed by atoms with Gasteiger partial charge in [-0.25, -0.2) is 4.39 Å². The summed E-state index contributed by atoms with van der Waals surface area (Å²) >= 11 is 0. The van der Waals surface area contributed by atoms with Gasteiger partial charge in [-0.1, -0.05) is 13.0 Å². The fourth-order valence-electron chi connectivity index (χ4n) is 1.85. The number of nitrogens with zero attached hydrogens (tertiary/aromatic N) is 2. The number of halogens is 1. The molecule has 0 saturated carbocycles. The molecule has 0 bridgehead atoms. The van der Waals surface area contributed by atoms with Crippen LogP contribution in [0.4, 0.5) is 10.1 Å². The second-order valence-electron chi connectivity index (χ2n) is 4.88. The van der Waals surface area contributed by atoms with Gasteiger partial charge >= 0.3 is 0 Å². The Balaban J connectivity index is 2.00. The van der Waals surface area contributed by atoms with Crippen molar-refractivity contribution in [3.63, 3.8) is 0 Å². The van der Waals surface area contributed by atoms with Crippen LogP contribution in [0, 0.1) is 12.7 Å². The maximum absolute atomic E-state index is 13.7. The van der Waals surface area contributed by atoms with Crippen LogP contribution in [0.2, 0.25) is 0 Å².